The molecule has 172 valence electrons. The summed E-state index contributed by atoms with van der Waals surface area (Å²) in [5.74, 6) is 0.790. The van der Waals surface area contributed by atoms with E-state index in [1.807, 2.05) is 48.2 Å². The number of anilines is 1. The zero-order valence-corrected chi connectivity index (χ0v) is 20.4. The Morgan fingerprint density at radius 3 is 2.66 bits per heavy atom. The molecule has 1 amide bonds. The van der Waals surface area contributed by atoms with Crippen LogP contribution < -0.4 is 9.64 Å². The van der Waals surface area contributed by atoms with Gasteiger partial charge in [0.05, 0.1) is 30.5 Å². The summed E-state index contributed by atoms with van der Waals surface area (Å²) in [5.41, 5.74) is 3.88. The van der Waals surface area contributed by atoms with Gasteiger partial charge in [0, 0.05) is 31.7 Å². The van der Waals surface area contributed by atoms with E-state index in [1.165, 1.54) is 16.9 Å². The Morgan fingerprint density at radius 2 is 1.94 bits per heavy atom. The van der Waals surface area contributed by atoms with E-state index >= 15 is 0 Å². The molecule has 1 aliphatic heterocycles. The van der Waals surface area contributed by atoms with Crippen LogP contribution in [0.25, 0.3) is 10.2 Å². The molecule has 0 unspecified atom stereocenters. The van der Waals surface area contributed by atoms with E-state index in [1.54, 1.807) is 7.11 Å². The Bertz CT molecular complexity index is 1070. The number of halogens is 1. The molecule has 3 aromatic rings. The van der Waals surface area contributed by atoms with Crippen molar-refractivity contribution in [2.75, 3.05) is 51.4 Å². The third kappa shape index (κ3) is 5.59. The summed E-state index contributed by atoms with van der Waals surface area (Å²) >= 11 is 1.53. The first-order valence-electron chi connectivity index (χ1n) is 10.7. The fourth-order valence-electron chi connectivity index (χ4n) is 3.73. The lowest BCUT2D eigenvalue weighted by Crippen LogP contribution is -2.39. The van der Waals surface area contributed by atoms with E-state index < -0.39 is 0 Å². The number of benzene rings is 2. The van der Waals surface area contributed by atoms with Gasteiger partial charge in [0.25, 0.3) is 5.91 Å². The molecule has 0 aliphatic carbocycles. The van der Waals surface area contributed by atoms with Crippen LogP contribution in [-0.2, 0) is 4.74 Å². The maximum absolute atomic E-state index is 13.5. The fraction of sp³-hybridized carbons (Fsp3) is 0.417. The second kappa shape index (κ2) is 11.1. The van der Waals surface area contributed by atoms with E-state index in [2.05, 4.69) is 11.8 Å². The maximum atomic E-state index is 13.5. The zero-order valence-electron chi connectivity index (χ0n) is 18.8. The van der Waals surface area contributed by atoms with Crippen molar-refractivity contribution in [3.63, 3.8) is 0 Å². The molecule has 1 aromatic heterocycles. The van der Waals surface area contributed by atoms with Crippen LogP contribution in [0.15, 0.2) is 36.4 Å². The van der Waals surface area contributed by atoms with Crippen molar-refractivity contribution in [1.82, 2.24) is 9.88 Å². The number of ether oxygens (including phenoxy) is 2. The lowest BCUT2D eigenvalue weighted by molar-refractivity contribution is 0.0376. The van der Waals surface area contributed by atoms with E-state index in [0.717, 1.165) is 65.9 Å². The number of nitrogens with zero attached hydrogens (tertiary/aromatic N) is 3. The molecule has 2 aromatic carbocycles. The van der Waals surface area contributed by atoms with Crippen LogP contribution in [0.4, 0.5) is 5.13 Å². The van der Waals surface area contributed by atoms with Gasteiger partial charge in [-0.3, -0.25) is 14.6 Å². The monoisotopic (exact) mass is 475 g/mol. The third-order valence-corrected chi connectivity index (χ3v) is 6.82. The molecule has 1 aliphatic rings. The molecule has 1 fully saturated rings. The number of hydrogen-bond acceptors (Lipinski definition) is 6. The van der Waals surface area contributed by atoms with Crippen molar-refractivity contribution in [2.45, 2.75) is 20.3 Å². The highest BCUT2D eigenvalue weighted by Gasteiger charge is 2.22. The second-order valence-corrected chi connectivity index (χ2v) is 8.90. The summed E-state index contributed by atoms with van der Waals surface area (Å²) in [6, 6.07) is 11.7. The summed E-state index contributed by atoms with van der Waals surface area (Å²) in [4.78, 5) is 22.5. The number of carbonyl (C=O) groups excluding carboxylic acids is 1. The number of rotatable bonds is 7. The molecular formula is C24H30ClN3O3S. The van der Waals surface area contributed by atoms with Gasteiger partial charge in [-0.1, -0.05) is 17.4 Å². The molecule has 6 nitrogen and oxygen atoms in total. The molecule has 4 rings (SSSR count). The number of morpholine rings is 1. The lowest BCUT2D eigenvalue weighted by Gasteiger charge is -2.27. The van der Waals surface area contributed by atoms with Crippen molar-refractivity contribution in [3.05, 3.63) is 53.1 Å². The Balaban J connectivity index is 0.00000289. The van der Waals surface area contributed by atoms with Gasteiger partial charge in [-0.25, -0.2) is 4.98 Å². The van der Waals surface area contributed by atoms with Crippen molar-refractivity contribution >= 4 is 45.0 Å². The van der Waals surface area contributed by atoms with E-state index in [-0.39, 0.29) is 18.3 Å². The average molecular weight is 476 g/mol. The number of methoxy groups -OCH3 is 1. The Morgan fingerprint density at radius 1 is 1.16 bits per heavy atom. The van der Waals surface area contributed by atoms with Crippen LogP contribution in [0.1, 0.15) is 27.9 Å². The average Bonchev–Trinajstić information content (AvgIpc) is 3.21. The second-order valence-electron chi connectivity index (χ2n) is 7.89. The molecular weight excluding hydrogens is 446 g/mol. The van der Waals surface area contributed by atoms with Crippen LogP contribution in [0.3, 0.4) is 0 Å². The smallest absolute Gasteiger partial charge is 0.260 e. The van der Waals surface area contributed by atoms with Gasteiger partial charge >= 0.3 is 0 Å². The van der Waals surface area contributed by atoms with Crippen LogP contribution >= 0.6 is 23.7 Å². The molecule has 0 atom stereocenters. The predicted molar refractivity (Wildman–Crippen MR) is 133 cm³/mol. The van der Waals surface area contributed by atoms with Crippen LogP contribution in [0.2, 0.25) is 0 Å². The van der Waals surface area contributed by atoms with Crippen LogP contribution in [-0.4, -0.2) is 62.3 Å². The molecule has 1 saturated heterocycles. The van der Waals surface area contributed by atoms with Gasteiger partial charge in [-0.05, 0) is 61.7 Å². The highest BCUT2D eigenvalue weighted by atomic mass is 35.5. The fourth-order valence-corrected chi connectivity index (χ4v) is 4.75. The number of carbonyl (C=O) groups is 1. The molecule has 0 radical (unpaired) electrons. The maximum Gasteiger partial charge on any atom is 0.260 e. The predicted octanol–water partition coefficient (Wildman–Crippen LogP) is 4.71. The minimum absolute atomic E-state index is 0. The number of aryl methyl sites for hydroxylation is 2. The van der Waals surface area contributed by atoms with Gasteiger partial charge in [-0.2, -0.15) is 0 Å². The van der Waals surface area contributed by atoms with Gasteiger partial charge in [-0.15, -0.1) is 12.4 Å². The van der Waals surface area contributed by atoms with Crippen molar-refractivity contribution in [2.24, 2.45) is 0 Å². The molecule has 0 saturated carbocycles. The van der Waals surface area contributed by atoms with Gasteiger partial charge in [0.2, 0.25) is 0 Å². The lowest BCUT2D eigenvalue weighted by atomic mass is 10.1. The van der Waals surface area contributed by atoms with Crippen molar-refractivity contribution in [3.8, 4) is 5.75 Å². The largest absolute Gasteiger partial charge is 0.497 e. The van der Waals surface area contributed by atoms with Crippen molar-refractivity contribution in [1.29, 1.82) is 0 Å². The first-order chi connectivity index (χ1) is 15.0. The van der Waals surface area contributed by atoms with Crippen molar-refractivity contribution < 1.29 is 14.3 Å². The summed E-state index contributed by atoms with van der Waals surface area (Å²) in [6.07, 6.45) is 0.885. The Kier molecular flexibility index (Phi) is 8.48. The zero-order chi connectivity index (χ0) is 21.8. The van der Waals surface area contributed by atoms with E-state index in [9.17, 15) is 4.79 Å². The molecule has 8 heteroatoms. The van der Waals surface area contributed by atoms with Crippen LogP contribution in [0.5, 0.6) is 5.75 Å². The third-order valence-electron chi connectivity index (χ3n) is 5.77. The Hall–Kier alpha value is -2.19. The normalized spacial score (nSPS) is 14.2. The molecule has 0 spiro atoms. The minimum Gasteiger partial charge on any atom is -0.497 e. The van der Waals surface area contributed by atoms with Crippen LogP contribution in [0, 0.1) is 13.8 Å². The van der Waals surface area contributed by atoms with Gasteiger partial charge in [0.15, 0.2) is 5.13 Å². The molecule has 0 N–H and O–H groups in total. The first kappa shape index (κ1) is 24.5. The molecule has 0 bridgehead atoms. The number of fused-ring (bicyclic) bond motifs is 1. The topological polar surface area (TPSA) is 54.9 Å². The molecule has 32 heavy (non-hydrogen) atoms. The van der Waals surface area contributed by atoms with Gasteiger partial charge < -0.3 is 9.47 Å². The summed E-state index contributed by atoms with van der Waals surface area (Å²) in [5, 5.41) is 0.730. The van der Waals surface area contributed by atoms with E-state index in [0.29, 0.717) is 12.1 Å². The number of thiazole rings is 1. The number of aromatic nitrogens is 1. The summed E-state index contributed by atoms with van der Waals surface area (Å²) < 4.78 is 11.8. The highest BCUT2D eigenvalue weighted by Crippen LogP contribution is 2.32. The minimum atomic E-state index is -0.00361. The summed E-state index contributed by atoms with van der Waals surface area (Å²) in [7, 11) is 1.66. The first-order valence-corrected chi connectivity index (χ1v) is 11.5. The highest BCUT2D eigenvalue weighted by molar-refractivity contribution is 7.22. The summed E-state index contributed by atoms with van der Waals surface area (Å²) in [6.45, 7) is 9.14. The number of amides is 1. The molecule has 2 heterocycles. The quantitative estimate of drug-likeness (QED) is 0.495. The standard InChI is InChI=1S/C24H29N3O3S.ClH/c1-17-5-6-19(15-18(17)2)23(28)27(10-4-9-26-11-13-30-14-12-26)24-25-21-8-7-20(29-3)16-22(21)31-24;/h5-8,15-16H,4,9-14H2,1-3H3;1H. The Labute approximate surface area is 199 Å². The number of hydrogen-bond donors (Lipinski definition) is 0. The van der Waals surface area contributed by atoms with Gasteiger partial charge in [0.1, 0.15) is 5.75 Å². The SMILES string of the molecule is COc1ccc2nc(N(CCCN3CCOCC3)C(=O)c3ccc(C)c(C)c3)sc2c1.Cl. The van der Waals surface area contributed by atoms with E-state index in [4.69, 9.17) is 14.5 Å².